The molecule has 0 aliphatic carbocycles. The lowest BCUT2D eigenvalue weighted by atomic mass is 9.96. The summed E-state index contributed by atoms with van der Waals surface area (Å²) >= 11 is 0. The number of likely N-dealkylation sites (N-methyl/N-ethyl adjacent to an activating group) is 1. The van der Waals surface area contributed by atoms with Gasteiger partial charge in [-0.05, 0) is 17.4 Å². The highest BCUT2D eigenvalue weighted by Gasteiger charge is 2.37. The highest BCUT2D eigenvalue weighted by Crippen LogP contribution is 2.26. The molecule has 0 amide bonds. The summed E-state index contributed by atoms with van der Waals surface area (Å²) in [4.78, 5) is 5.22. The monoisotopic (exact) mass is 240 g/mol. The third-order valence-electron chi connectivity index (χ3n) is 3.12. The molecule has 0 bridgehead atoms. The Hall–Kier alpha value is -0.0800. The van der Waals surface area contributed by atoms with Crippen molar-refractivity contribution in [1.29, 1.82) is 0 Å². The third-order valence-corrected chi connectivity index (χ3v) is 3.12. The van der Waals surface area contributed by atoms with Crippen molar-refractivity contribution < 1.29 is 0 Å². The third kappa shape index (κ3) is 6.42. The summed E-state index contributed by atoms with van der Waals surface area (Å²) in [5.41, 5.74) is 0.857. The maximum atomic E-state index is 2.62. The quantitative estimate of drug-likeness (QED) is 0.681. The van der Waals surface area contributed by atoms with Crippen LogP contribution in [0.4, 0.5) is 0 Å². The van der Waals surface area contributed by atoms with E-state index in [9.17, 15) is 0 Å². The first-order valence-corrected chi connectivity index (χ1v) is 7.07. The van der Waals surface area contributed by atoms with Gasteiger partial charge in [0.15, 0.2) is 0 Å². The summed E-state index contributed by atoms with van der Waals surface area (Å²) < 4.78 is 0. The fourth-order valence-electron chi connectivity index (χ4n) is 2.47. The molecule has 1 aliphatic rings. The zero-order valence-corrected chi connectivity index (χ0v) is 13.0. The SMILES string of the molecule is CCN(CC1CN1CC(C)(C)C)CC(C)(C)C. The molecule has 0 radical (unpaired) electrons. The zero-order chi connectivity index (χ0) is 13.3. The smallest absolute Gasteiger partial charge is 0.0351 e. The second kappa shape index (κ2) is 5.27. The molecular formula is C15H32N2. The van der Waals surface area contributed by atoms with Crippen molar-refractivity contribution in [2.75, 3.05) is 32.7 Å². The van der Waals surface area contributed by atoms with Gasteiger partial charge in [0.25, 0.3) is 0 Å². The molecule has 17 heavy (non-hydrogen) atoms. The Morgan fingerprint density at radius 3 is 2.06 bits per heavy atom. The van der Waals surface area contributed by atoms with E-state index in [0.29, 0.717) is 10.8 Å². The molecule has 2 heteroatoms. The lowest BCUT2D eigenvalue weighted by molar-refractivity contribution is 0.188. The van der Waals surface area contributed by atoms with Crippen LogP contribution in [0.3, 0.4) is 0 Å². The second-order valence-corrected chi connectivity index (χ2v) is 8.03. The molecule has 1 rings (SSSR count). The normalized spacial score (nSPS) is 25.4. The molecule has 1 heterocycles. The van der Waals surface area contributed by atoms with E-state index in [1.165, 1.54) is 32.7 Å². The molecule has 0 saturated carbocycles. The Labute approximate surface area is 108 Å². The second-order valence-electron chi connectivity index (χ2n) is 8.03. The maximum absolute atomic E-state index is 2.62. The van der Waals surface area contributed by atoms with Crippen molar-refractivity contribution in [1.82, 2.24) is 9.80 Å². The topological polar surface area (TPSA) is 6.25 Å². The van der Waals surface area contributed by atoms with Gasteiger partial charge >= 0.3 is 0 Å². The molecule has 2 unspecified atom stereocenters. The van der Waals surface area contributed by atoms with Gasteiger partial charge < -0.3 is 4.90 Å². The van der Waals surface area contributed by atoms with Crippen LogP contribution in [0, 0.1) is 10.8 Å². The molecule has 2 nitrogen and oxygen atoms in total. The standard InChI is InChI=1S/C15H32N2/c1-8-16(11-14(2,3)4)9-13-10-17(13)12-15(5,6)7/h13H,8-12H2,1-7H3. The maximum Gasteiger partial charge on any atom is 0.0351 e. The minimum absolute atomic E-state index is 0.416. The van der Waals surface area contributed by atoms with Gasteiger partial charge in [-0.2, -0.15) is 0 Å². The molecule has 0 aromatic heterocycles. The van der Waals surface area contributed by atoms with Crippen molar-refractivity contribution in [2.24, 2.45) is 10.8 Å². The molecule has 0 aromatic carbocycles. The first kappa shape index (κ1) is 15.0. The fraction of sp³-hybridized carbons (Fsp3) is 1.00. The van der Waals surface area contributed by atoms with E-state index < -0.39 is 0 Å². The molecule has 1 fully saturated rings. The van der Waals surface area contributed by atoms with Gasteiger partial charge in [-0.1, -0.05) is 48.5 Å². The predicted octanol–water partition coefficient (Wildman–Crippen LogP) is 3.08. The number of nitrogens with zero attached hydrogens (tertiary/aromatic N) is 2. The molecule has 1 saturated heterocycles. The van der Waals surface area contributed by atoms with Crippen molar-refractivity contribution in [2.45, 2.75) is 54.5 Å². The van der Waals surface area contributed by atoms with Crippen LogP contribution in [-0.2, 0) is 0 Å². The van der Waals surface area contributed by atoms with Crippen LogP contribution < -0.4 is 0 Å². The summed E-state index contributed by atoms with van der Waals surface area (Å²) in [7, 11) is 0. The Morgan fingerprint density at radius 2 is 1.65 bits per heavy atom. The van der Waals surface area contributed by atoms with Crippen LogP contribution in [0.15, 0.2) is 0 Å². The molecule has 1 aliphatic heterocycles. The van der Waals surface area contributed by atoms with Crippen LogP contribution in [0.2, 0.25) is 0 Å². The summed E-state index contributed by atoms with van der Waals surface area (Å²) in [6, 6.07) is 0.816. The van der Waals surface area contributed by atoms with Crippen molar-refractivity contribution in [3.63, 3.8) is 0 Å². The molecule has 102 valence electrons. The fourth-order valence-corrected chi connectivity index (χ4v) is 2.47. The summed E-state index contributed by atoms with van der Waals surface area (Å²) in [6.07, 6.45) is 0. The van der Waals surface area contributed by atoms with Gasteiger partial charge in [-0.25, -0.2) is 0 Å². The predicted molar refractivity (Wildman–Crippen MR) is 76.4 cm³/mol. The van der Waals surface area contributed by atoms with E-state index in [-0.39, 0.29) is 0 Å². The molecule has 2 atom stereocenters. The number of hydrogen-bond acceptors (Lipinski definition) is 2. The minimum Gasteiger partial charge on any atom is -0.301 e. The van der Waals surface area contributed by atoms with Gasteiger partial charge in [0, 0.05) is 32.2 Å². The highest BCUT2D eigenvalue weighted by molar-refractivity contribution is 4.94. The highest BCUT2D eigenvalue weighted by atomic mass is 15.3. The van der Waals surface area contributed by atoms with Gasteiger partial charge in [0.1, 0.15) is 0 Å². The van der Waals surface area contributed by atoms with Gasteiger partial charge in [-0.3, -0.25) is 4.90 Å². The molecule has 0 aromatic rings. The zero-order valence-electron chi connectivity index (χ0n) is 13.0. The summed E-state index contributed by atoms with van der Waals surface area (Å²) in [5, 5.41) is 0. The Bertz CT molecular complexity index is 234. The van der Waals surface area contributed by atoms with E-state index >= 15 is 0 Å². The summed E-state index contributed by atoms with van der Waals surface area (Å²) in [5.74, 6) is 0. The van der Waals surface area contributed by atoms with E-state index in [1.807, 2.05) is 0 Å². The van der Waals surface area contributed by atoms with E-state index in [0.717, 1.165) is 6.04 Å². The average Bonchev–Trinajstić information content (AvgIpc) is 2.76. The lowest BCUT2D eigenvalue weighted by Crippen LogP contribution is -2.36. The Kier molecular flexibility index (Phi) is 4.65. The van der Waals surface area contributed by atoms with Crippen LogP contribution >= 0.6 is 0 Å². The van der Waals surface area contributed by atoms with Crippen LogP contribution in [0.25, 0.3) is 0 Å². The van der Waals surface area contributed by atoms with Crippen LogP contribution in [0.1, 0.15) is 48.5 Å². The van der Waals surface area contributed by atoms with Gasteiger partial charge in [0.05, 0.1) is 0 Å². The van der Waals surface area contributed by atoms with Crippen LogP contribution in [0.5, 0.6) is 0 Å². The molecule has 0 N–H and O–H groups in total. The van der Waals surface area contributed by atoms with Crippen molar-refractivity contribution in [3.8, 4) is 0 Å². The summed E-state index contributed by atoms with van der Waals surface area (Å²) in [6.45, 7) is 22.4. The lowest BCUT2D eigenvalue weighted by Gasteiger charge is -2.29. The van der Waals surface area contributed by atoms with Crippen LogP contribution in [-0.4, -0.2) is 48.6 Å². The minimum atomic E-state index is 0.416. The number of hydrogen-bond donors (Lipinski definition) is 0. The van der Waals surface area contributed by atoms with E-state index in [2.05, 4.69) is 58.3 Å². The first-order valence-electron chi connectivity index (χ1n) is 7.07. The van der Waals surface area contributed by atoms with E-state index in [1.54, 1.807) is 0 Å². The van der Waals surface area contributed by atoms with Gasteiger partial charge in [0.2, 0.25) is 0 Å². The van der Waals surface area contributed by atoms with Crippen molar-refractivity contribution in [3.05, 3.63) is 0 Å². The average molecular weight is 240 g/mol. The number of rotatable bonds is 5. The van der Waals surface area contributed by atoms with Gasteiger partial charge in [-0.15, -0.1) is 0 Å². The largest absolute Gasteiger partial charge is 0.301 e. The first-order chi connectivity index (χ1) is 7.61. The molecule has 0 spiro atoms. The Morgan fingerprint density at radius 1 is 1.06 bits per heavy atom. The molecular weight excluding hydrogens is 208 g/mol. The van der Waals surface area contributed by atoms with E-state index in [4.69, 9.17) is 0 Å². The van der Waals surface area contributed by atoms with Crippen molar-refractivity contribution >= 4 is 0 Å². The Balaban J connectivity index is 2.30.